The topological polar surface area (TPSA) is 85.1 Å². The summed E-state index contributed by atoms with van der Waals surface area (Å²) in [4.78, 5) is 0.234. The summed E-state index contributed by atoms with van der Waals surface area (Å²) in [6.07, 6.45) is 0. The van der Waals surface area contributed by atoms with E-state index >= 15 is 0 Å². The van der Waals surface area contributed by atoms with Crippen molar-refractivity contribution in [2.75, 3.05) is 12.3 Å². The maximum atomic E-state index is 12.1. The van der Waals surface area contributed by atoms with Gasteiger partial charge in [-0.3, -0.25) is 0 Å². The zero-order valence-electron chi connectivity index (χ0n) is 11.8. The van der Waals surface area contributed by atoms with Gasteiger partial charge in [-0.25, -0.2) is 8.42 Å². The quantitative estimate of drug-likeness (QED) is 0.706. The van der Waals surface area contributed by atoms with E-state index < -0.39 is 9.84 Å². The lowest BCUT2D eigenvalue weighted by molar-refractivity contribution is 0.604. The molecule has 0 aliphatic rings. The van der Waals surface area contributed by atoms with Crippen molar-refractivity contribution in [3.63, 3.8) is 0 Å². The van der Waals surface area contributed by atoms with Crippen molar-refractivity contribution in [1.82, 2.24) is 9.69 Å². The number of nitrogens with zero attached hydrogens (tertiary/aromatic N) is 1. The minimum Gasteiger partial charge on any atom is -0.385 e. The number of nitrogens with one attached hydrogen (secondary N) is 1. The van der Waals surface area contributed by atoms with Gasteiger partial charge >= 0.3 is 0 Å². The molecule has 0 fully saturated rings. The molecule has 3 N–H and O–H groups in total. The summed E-state index contributed by atoms with van der Waals surface area (Å²) in [5.41, 5.74) is 6.79. The van der Waals surface area contributed by atoms with Crippen LogP contribution in [0.25, 0.3) is 0 Å². The fraction of sp³-hybridized carbons (Fsp3) is 0.214. The van der Waals surface area contributed by atoms with E-state index in [2.05, 4.69) is 9.69 Å². The smallest absolute Gasteiger partial charge is 0.203 e. The van der Waals surface area contributed by atoms with E-state index in [1.54, 1.807) is 42.1 Å². The Morgan fingerprint density at radius 3 is 2.77 bits per heavy atom. The maximum Gasteiger partial charge on any atom is 0.203 e. The van der Waals surface area contributed by atoms with Gasteiger partial charge in [0.1, 0.15) is 5.82 Å². The van der Waals surface area contributed by atoms with Crippen molar-refractivity contribution in [1.29, 1.82) is 0 Å². The van der Waals surface area contributed by atoms with Gasteiger partial charge in [0.15, 0.2) is 0 Å². The predicted octanol–water partition coefficient (Wildman–Crippen LogP) is 2.20. The highest BCUT2D eigenvalue weighted by atomic mass is 32.2. The molecule has 1 aromatic heterocycles. The highest BCUT2D eigenvalue weighted by Gasteiger charge is 2.10. The van der Waals surface area contributed by atoms with Crippen LogP contribution in [0, 0.1) is 0 Å². The number of benzene rings is 1. The molecule has 1 heterocycles. The van der Waals surface area contributed by atoms with Gasteiger partial charge in [-0.05, 0) is 29.7 Å². The van der Waals surface area contributed by atoms with Crippen molar-refractivity contribution in [3.05, 3.63) is 58.7 Å². The highest BCUT2D eigenvalue weighted by molar-refractivity contribution is 7.98. The molecule has 0 amide bonds. The van der Waals surface area contributed by atoms with Gasteiger partial charge in [-0.2, -0.15) is 16.1 Å². The first-order valence-electron chi connectivity index (χ1n) is 6.56. The molecule has 2 aromatic rings. The Morgan fingerprint density at radius 1 is 1.32 bits per heavy atom. The lowest BCUT2D eigenvalue weighted by Crippen LogP contribution is -2.23. The van der Waals surface area contributed by atoms with Gasteiger partial charge < -0.3 is 11.1 Å². The van der Waals surface area contributed by atoms with Crippen molar-refractivity contribution >= 4 is 33.1 Å². The average Bonchev–Trinajstić information content (AvgIpc) is 3.00. The average molecular weight is 356 g/mol. The van der Waals surface area contributed by atoms with Crippen molar-refractivity contribution in [3.8, 4) is 0 Å². The molecule has 0 saturated carbocycles. The van der Waals surface area contributed by atoms with E-state index in [9.17, 15) is 8.42 Å². The fourth-order valence-electron chi connectivity index (χ4n) is 1.64. The molecule has 5 nitrogen and oxygen atoms in total. The number of hydrogen-bond donors (Lipinski definition) is 2. The Balaban J connectivity index is 1.78. The van der Waals surface area contributed by atoms with Crippen LogP contribution in [0.2, 0.25) is 0 Å². The fourth-order valence-corrected chi connectivity index (χ4v) is 4.12. The standard InChI is InChI=1S/C14H17N3O2S3/c15-14(11-22(18,19)13-4-2-1-3-5-13)16-7-9-20-10-12-6-8-21-17-12/h1-6,8,11,16H,7,9-10,15H2. The molecule has 1 aromatic carbocycles. The largest absolute Gasteiger partial charge is 0.385 e. The van der Waals surface area contributed by atoms with Crippen LogP contribution in [0.1, 0.15) is 5.69 Å². The lowest BCUT2D eigenvalue weighted by atomic mass is 10.4. The van der Waals surface area contributed by atoms with Crippen LogP contribution in [0.15, 0.2) is 57.9 Å². The molecular formula is C14H17N3O2S3. The molecular weight excluding hydrogens is 338 g/mol. The van der Waals surface area contributed by atoms with Crippen LogP contribution in [-0.4, -0.2) is 25.1 Å². The third-order valence-corrected chi connectivity index (χ3v) is 5.75. The molecule has 2 rings (SSSR count). The molecule has 0 spiro atoms. The van der Waals surface area contributed by atoms with E-state index in [-0.39, 0.29) is 10.7 Å². The van der Waals surface area contributed by atoms with E-state index in [0.717, 1.165) is 22.6 Å². The number of sulfone groups is 1. The molecule has 0 bridgehead atoms. The lowest BCUT2D eigenvalue weighted by Gasteiger charge is -2.06. The maximum absolute atomic E-state index is 12.1. The molecule has 0 aliphatic carbocycles. The van der Waals surface area contributed by atoms with Crippen LogP contribution in [0.3, 0.4) is 0 Å². The van der Waals surface area contributed by atoms with Crippen LogP contribution in [0.5, 0.6) is 0 Å². The van der Waals surface area contributed by atoms with Gasteiger partial charge in [-0.15, -0.1) is 0 Å². The first kappa shape index (κ1) is 16.9. The molecule has 0 saturated heterocycles. The monoisotopic (exact) mass is 355 g/mol. The number of hydrogen-bond acceptors (Lipinski definition) is 7. The second-order valence-corrected chi connectivity index (χ2v) is 7.97. The second kappa shape index (κ2) is 8.21. The minimum absolute atomic E-state index is 0.151. The summed E-state index contributed by atoms with van der Waals surface area (Å²) in [6.45, 7) is 0.599. The Morgan fingerprint density at radius 2 is 2.09 bits per heavy atom. The molecule has 0 atom stereocenters. The second-order valence-electron chi connectivity index (χ2n) is 4.40. The molecule has 0 unspecified atom stereocenters. The van der Waals surface area contributed by atoms with E-state index in [4.69, 9.17) is 5.73 Å². The normalized spacial score (nSPS) is 12.3. The summed E-state index contributed by atoms with van der Waals surface area (Å²) in [5.74, 6) is 1.81. The van der Waals surface area contributed by atoms with Gasteiger partial charge in [-0.1, -0.05) is 18.2 Å². The van der Waals surface area contributed by atoms with Crippen molar-refractivity contribution < 1.29 is 8.42 Å². The Hall–Kier alpha value is -1.51. The van der Waals surface area contributed by atoms with Gasteiger partial charge in [0, 0.05) is 23.4 Å². The Bertz CT molecular complexity index is 698. The van der Waals surface area contributed by atoms with Crippen LogP contribution in [-0.2, 0) is 15.6 Å². The van der Waals surface area contributed by atoms with Crippen molar-refractivity contribution in [2.45, 2.75) is 10.6 Å². The summed E-state index contributed by atoms with van der Waals surface area (Å²) in [7, 11) is -3.50. The van der Waals surface area contributed by atoms with Crippen molar-refractivity contribution in [2.24, 2.45) is 5.73 Å². The third kappa shape index (κ3) is 5.36. The van der Waals surface area contributed by atoms with E-state index in [1.165, 1.54) is 11.5 Å². The zero-order valence-corrected chi connectivity index (χ0v) is 14.3. The Labute approximate surface area is 138 Å². The van der Waals surface area contributed by atoms with Gasteiger partial charge in [0.25, 0.3) is 0 Å². The number of nitrogens with two attached hydrogens (primary N) is 1. The number of thioether (sulfide) groups is 1. The number of rotatable bonds is 8. The first-order chi connectivity index (χ1) is 10.6. The van der Waals surface area contributed by atoms with Crippen LogP contribution in [0.4, 0.5) is 0 Å². The summed E-state index contributed by atoms with van der Waals surface area (Å²) >= 11 is 3.15. The number of aromatic nitrogens is 1. The summed E-state index contributed by atoms with van der Waals surface area (Å²) < 4.78 is 28.4. The third-order valence-electron chi connectivity index (χ3n) is 2.67. The minimum atomic E-state index is -3.50. The van der Waals surface area contributed by atoms with E-state index in [1.807, 2.05) is 11.4 Å². The van der Waals surface area contributed by atoms with E-state index in [0.29, 0.717) is 6.54 Å². The molecule has 8 heteroatoms. The Kier molecular flexibility index (Phi) is 6.29. The van der Waals surface area contributed by atoms with Crippen LogP contribution >= 0.6 is 23.3 Å². The summed E-state index contributed by atoms with van der Waals surface area (Å²) in [5, 5.41) is 5.92. The molecule has 0 radical (unpaired) electrons. The predicted molar refractivity (Wildman–Crippen MR) is 92.2 cm³/mol. The van der Waals surface area contributed by atoms with Gasteiger partial charge in [0.05, 0.1) is 16.0 Å². The molecule has 0 aliphatic heterocycles. The first-order valence-corrected chi connectivity index (χ1v) is 10.1. The van der Waals surface area contributed by atoms with Gasteiger partial charge in [0.2, 0.25) is 9.84 Å². The highest BCUT2D eigenvalue weighted by Crippen LogP contribution is 2.12. The SMILES string of the molecule is NC(=CS(=O)(=O)c1ccccc1)NCCSCc1ccsn1. The zero-order chi connectivity index (χ0) is 15.8. The summed E-state index contributed by atoms with van der Waals surface area (Å²) in [6, 6.07) is 10.2. The van der Waals surface area contributed by atoms with Crippen LogP contribution < -0.4 is 11.1 Å². The molecule has 118 valence electrons. The molecule has 22 heavy (non-hydrogen) atoms.